The van der Waals surface area contributed by atoms with Gasteiger partial charge in [-0.2, -0.15) is 0 Å². The van der Waals surface area contributed by atoms with E-state index in [-0.39, 0.29) is 0 Å². The second-order valence-corrected chi connectivity index (χ2v) is 21.6. The van der Waals surface area contributed by atoms with E-state index < -0.39 is 5.41 Å². The zero-order valence-corrected chi connectivity index (χ0v) is 41.1. The normalized spacial score (nSPS) is 13.0. The van der Waals surface area contributed by atoms with Crippen molar-refractivity contribution in [3.05, 3.63) is 277 Å². The Morgan fingerprint density at radius 1 is 0.288 bits per heavy atom. The van der Waals surface area contributed by atoms with Crippen molar-refractivity contribution < 1.29 is 0 Å². The van der Waals surface area contributed by atoms with E-state index in [0.717, 1.165) is 22.7 Å². The topological polar surface area (TPSA) is 6.48 Å². The molecule has 0 atom stereocenters. The highest BCUT2D eigenvalue weighted by molar-refractivity contribution is 7.27. The van der Waals surface area contributed by atoms with Gasteiger partial charge >= 0.3 is 0 Å². The zero-order valence-electron chi connectivity index (χ0n) is 39.5. The van der Waals surface area contributed by atoms with E-state index in [2.05, 4.69) is 265 Å². The Kier molecular flexibility index (Phi) is 8.74. The lowest BCUT2D eigenvalue weighted by atomic mass is 9.70. The molecule has 0 fully saturated rings. The first-order valence-electron chi connectivity index (χ1n) is 25.1. The van der Waals surface area contributed by atoms with E-state index in [9.17, 15) is 0 Å². The molecule has 0 N–H and O–H groups in total. The van der Waals surface area contributed by atoms with Crippen LogP contribution < -0.4 is 9.80 Å². The number of para-hydroxylation sites is 2. The fourth-order valence-corrected chi connectivity index (χ4v) is 15.3. The molecule has 2 nitrogen and oxygen atoms in total. The van der Waals surface area contributed by atoms with Crippen LogP contribution in [0.2, 0.25) is 0 Å². The quantitative estimate of drug-likeness (QED) is 0.164. The van der Waals surface area contributed by atoms with Crippen molar-refractivity contribution in [3.63, 3.8) is 0 Å². The Balaban J connectivity index is 1.11. The number of rotatable bonds is 6. The first-order valence-corrected chi connectivity index (χ1v) is 26.7. The van der Waals surface area contributed by atoms with Gasteiger partial charge in [-0.05, 0) is 133 Å². The molecule has 4 heteroatoms. The third kappa shape index (κ3) is 5.73. The zero-order chi connectivity index (χ0) is 47.8. The molecule has 0 radical (unpaired) electrons. The monoisotopic (exact) mass is 962 g/mol. The van der Waals surface area contributed by atoms with E-state index in [0.29, 0.717) is 0 Å². The number of thiophene rings is 2. The molecule has 14 aromatic rings. The molecule has 0 bridgehead atoms. The van der Waals surface area contributed by atoms with Crippen LogP contribution in [0.4, 0.5) is 34.1 Å². The van der Waals surface area contributed by atoms with Crippen LogP contribution in [-0.4, -0.2) is 0 Å². The van der Waals surface area contributed by atoms with Gasteiger partial charge in [-0.3, -0.25) is 0 Å². The summed E-state index contributed by atoms with van der Waals surface area (Å²) >= 11 is 3.87. The predicted octanol–water partition coefficient (Wildman–Crippen LogP) is 20.0. The highest BCUT2D eigenvalue weighted by Crippen LogP contribution is 2.69. The Labute approximate surface area is 430 Å². The minimum Gasteiger partial charge on any atom is -0.310 e. The highest BCUT2D eigenvalue weighted by atomic mass is 32.1. The molecular formula is C69H42N2S2. The molecule has 0 unspecified atom stereocenters. The van der Waals surface area contributed by atoms with Gasteiger partial charge in [0.15, 0.2) is 0 Å². The molecular weight excluding hydrogens is 921 g/mol. The summed E-state index contributed by atoms with van der Waals surface area (Å²) in [5.41, 5.74) is 16.7. The standard InChI is InChI=1S/C69H42N2S2/c1-3-23-47(24-4-1)70(49-37-35-43-19-7-9-21-45(43)39-49)59-41-58-66(68-63(59)53-29-13-17-33-61(53)73-68)65-57(69(58)55-31-15-11-27-51(55)52-28-12-16-32-56(52)69)42-60(67-64(65)54-30-14-18-34-62(54)72-67)71(48-25-5-2-6-26-48)50-38-36-44-20-8-10-22-46(44)40-50/h1-42H. The van der Waals surface area contributed by atoms with Crippen molar-refractivity contribution >= 4 is 119 Å². The van der Waals surface area contributed by atoms with Gasteiger partial charge in [-0.15, -0.1) is 22.7 Å². The van der Waals surface area contributed by atoms with Crippen LogP contribution >= 0.6 is 22.7 Å². The fraction of sp³-hybridized carbons (Fsp3) is 0.0145. The summed E-state index contributed by atoms with van der Waals surface area (Å²) in [7, 11) is 0. The maximum absolute atomic E-state index is 2.62. The molecule has 340 valence electrons. The van der Waals surface area contributed by atoms with Crippen LogP contribution in [0, 0.1) is 0 Å². The predicted molar refractivity (Wildman–Crippen MR) is 313 cm³/mol. The molecule has 0 aliphatic heterocycles. The van der Waals surface area contributed by atoms with E-state index in [1.807, 2.05) is 22.7 Å². The molecule has 0 amide bonds. The number of fused-ring (bicyclic) bond motifs is 20. The van der Waals surface area contributed by atoms with Gasteiger partial charge in [0.05, 0.1) is 21.5 Å². The Hall–Kier alpha value is -8.80. The molecule has 73 heavy (non-hydrogen) atoms. The maximum Gasteiger partial charge on any atom is 0.0727 e. The van der Waals surface area contributed by atoms with Crippen molar-refractivity contribution in [1.29, 1.82) is 0 Å². The average Bonchev–Trinajstić information content (AvgIpc) is 4.31. The number of benzene rings is 12. The van der Waals surface area contributed by atoms with E-state index in [1.165, 1.54) is 118 Å². The minimum absolute atomic E-state index is 0.680. The minimum atomic E-state index is -0.680. The molecule has 2 heterocycles. The van der Waals surface area contributed by atoms with Gasteiger partial charge in [0, 0.05) is 64.0 Å². The van der Waals surface area contributed by atoms with Gasteiger partial charge in [0.1, 0.15) is 0 Å². The molecule has 0 saturated heterocycles. The molecule has 1 spiro atoms. The molecule has 12 aromatic carbocycles. The lowest BCUT2D eigenvalue weighted by molar-refractivity contribution is 0.795. The number of nitrogens with zero attached hydrogens (tertiary/aromatic N) is 2. The molecule has 2 aromatic heterocycles. The first kappa shape index (κ1) is 40.9. The van der Waals surface area contributed by atoms with Gasteiger partial charge in [-0.25, -0.2) is 0 Å². The van der Waals surface area contributed by atoms with Gasteiger partial charge < -0.3 is 9.80 Å². The second kappa shape index (κ2) is 15.6. The van der Waals surface area contributed by atoms with Crippen LogP contribution in [0.3, 0.4) is 0 Å². The van der Waals surface area contributed by atoms with Crippen molar-refractivity contribution in [2.24, 2.45) is 0 Å². The van der Waals surface area contributed by atoms with Crippen molar-refractivity contribution in [1.82, 2.24) is 0 Å². The number of hydrogen-bond acceptors (Lipinski definition) is 4. The Bertz CT molecular complexity index is 4540. The molecule has 16 rings (SSSR count). The summed E-state index contributed by atoms with van der Waals surface area (Å²) in [4.78, 5) is 5.07. The summed E-state index contributed by atoms with van der Waals surface area (Å²) in [6, 6.07) is 95.4. The second-order valence-electron chi connectivity index (χ2n) is 19.5. The lowest BCUT2D eigenvalue weighted by Crippen LogP contribution is -2.26. The summed E-state index contributed by atoms with van der Waals surface area (Å²) < 4.78 is 5.15. The number of hydrogen-bond donors (Lipinski definition) is 0. The first-order chi connectivity index (χ1) is 36.2. The van der Waals surface area contributed by atoms with Crippen molar-refractivity contribution in [2.75, 3.05) is 9.80 Å². The van der Waals surface area contributed by atoms with E-state index in [1.54, 1.807) is 0 Å². The van der Waals surface area contributed by atoms with E-state index in [4.69, 9.17) is 0 Å². The SMILES string of the molecule is c1ccc(N(c2ccc3ccccc3c2)c2cc3c(c4c2sc2ccccc24)-c2c(cc(N(c4ccccc4)c4ccc5ccccc5c4)c4c2sc2ccccc24)C32c3ccccc3-c3ccccc32)cc1. The molecule has 2 aliphatic rings. The third-order valence-corrected chi connectivity index (χ3v) is 18.1. The smallest absolute Gasteiger partial charge is 0.0727 e. The Morgan fingerprint density at radius 3 is 1.32 bits per heavy atom. The molecule has 2 aliphatic carbocycles. The van der Waals surface area contributed by atoms with E-state index >= 15 is 0 Å². The summed E-state index contributed by atoms with van der Waals surface area (Å²) in [6.45, 7) is 0. The van der Waals surface area contributed by atoms with Crippen LogP contribution in [0.5, 0.6) is 0 Å². The van der Waals surface area contributed by atoms with Crippen LogP contribution in [-0.2, 0) is 5.41 Å². The number of anilines is 6. The van der Waals surface area contributed by atoms with Crippen molar-refractivity contribution in [2.45, 2.75) is 5.41 Å². The van der Waals surface area contributed by atoms with Gasteiger partial charge in [0.2, 0.25) is 0 Å². The average molecular weight is 963 g/mol. The maximum atomic E-state index is 2.62. The summed E-state index contributed by atoms with van der Waals surface area (Å²) in [5, 5.41) is 10.0. The van der Waals surface area contributed by atoms with Crippen LogP contribution in [0.25, 0.3) is 84.1 Å². The van der Waals surface area contributed by atoms with Crippen LogP contribution in [0.15, 0.2) is 255 Å². The van der Waals surface area contributed by atoms with Gasteiger partial charge in [0.25, 0.3) is 0 Å². The van der Waals surface area contributed by atoms with Crippen LogP contribution in [0.1, 0.15) is 22.3 Å². The Morgan fingerprint density at radius 2 is 0.726 bits per heavy atom. The summed E-state index contributed by atoms with van der Waals surface area (Å²) in [5.74, 6) is 0. The highest BCUT2D eigenvalue weighted by Gasteiger charge is 2.54. The fourth-order valence-electron chi connectivity index (χ4n) is 12.8. The van der Waals surface area contributed by atoms with Gasteiger partial charge in [-0.1, -0.05) is 182 Å². The largest absolute Gasteiger partial charge is 0.310 e. The summed E-state index contributed by atoms with van der Waals surface area (Å²) in [6.07, 6.45) is 0. The molecule has 0 saturated carbocycles. The lowest BCUT2D eigenvalue weighted by Gasteiger charge is -2.34. The third-order valence-electron chi connectivity index (χ3n) is 15.8. The van der Waals surface area contributed by atoms with Crippen molar-refractivity contribution in [3.8, 4) is 22.3 Å².